The molecule has 1 unspecified atom stereocenters. The Bertz CT molecular complexity index is 1020. The summed E-state index contributed by atoms with van der Waals surface area (Å²) in [6, 6.07) is 20.8. The van der Waals surface area contributed by atoms with E-state index in [9.17, 15) is 0 Å². The molecule has 0 amide bonds. The molecule has 0 aliphatic rings. The third kappa shape index (κ3) is 6.81. The van der Waals surface area contributed by atoms with Gasteiger partial charge in [0.1, 0.15) is 0 Å². The predicted octanol–water partition coefficient (Wildman–Crippen LogP) is 4.52. The first-order valence-electron chi connectivity index (χ1n) is 11.6. The fourth-order valence-corrected chi connectivity index (χ4v) is 4.20. The van der Waals surface area contributed by atoms with Crippen molar-refractivity contribution in [3.8, 4) is 0 Å². The Kier molecular flexibility index (Phi) is 8.33. The van der Waals surface area contributed by atoms with Gasteiger partial charge in [0.05, 0.1) is 11.4 Å². The van der Waals surface area contributed by atoms with Crippen LogP contribution in [0.15, 0.2) is 79.3 Å². The first-order chi connectivity index (χ1) is 16.3. The maximum Gasteiger partial charge on any atom is 0.0541 e. The molecular weight excluding hydrogens is 408 g/mol. The van der Waals surface area contributed by atoms with Gasteiger partial charge in [-0.25, -0.2) is 0 Å². The summed E-state index contributed by atoms with van der Waals surface area (Å²) in [6.45, 7) is 5.47. The number of hydrogen-bond acceptors (Lipinski definition) is 5. The Balaban J connectivity index is 1.46. The zero-order valence-corrected chi connectivity index (χ0v) is 19.2. The van der Waals surface area contributed by atoms with E-state index in [1.165, 1.54) is 22.4 Å². The molecule has 0 radical (unpaired) electrons. The van der Waals surface area contributed by atoms with Gasteiger partial charge in [-0.1, -0.05) is 37.3 Å². The summed E-state index contributed by atoms with van der Waals surface area (Å²) >= 11 is 0. The van der Waals surface area contributed by atoms with Crippen molar-refractivity contribution in [2.24, 2.45) is 0 Å². The van der Waals surface area contributed by atoms with E-state index in [1.54, 1.807) is 0 Å². The molecule has 0 fully saturated rings. The van der Waals surface area contributed by atoms with Gasteiger partial charge in [-0.05, 0) is 65.8 Å². The van der Waals surface area contributed by atoms with Crippen LogP contribution in [0.2, 0.25) is 0 Å². The minimum Gasteiger partial charge on any atom is -0.307 e. The molecule has 0 bridgehead atoms. The molecule has 4 aromatic rings. The number of nitrogens with one attached hydrogen (secondary N) is 3. The van der Waals surface area contributed by atoms with E-state index in [0.717, 1.165) is 50.4 Å². The molecule has 3 N–H and O–H groups in total. The van der Waals surface area contributed by atoms with E-state index >= 15 is 0 Å². The molecular formula is C27H32N6. The average molecular weight is 441 g/mol. The quantitative estimate of drug-likeness (QED) is 0.302. The van der Waals surface area contributed by atoms with Crippen LogP contribution in [0.4, 0.5) is 0 Å². The number of hydrogen-bond donors (Lipinski definition) is 3. The number of aromatic amines is 1. The van der Waals surface area contributed by atoms with Crippen molar-refractivity contribution < 1.29 is 0 Å². The maximum atomic E-state index is 4.42. The van der Waals surface area contributed by atoms with Gasteiger partial charge < -0.3 is 10.6 Å². The van der Waals surface area contributed by atoms with Crippen molar-refractivity contribution in [1.29, 1.82) is 0 Å². The fourth-order valence-electron chi connectivity index (χ4n) is 4.20. The van der Waals surface area contributed by atoms with Crippen LogP contribution < -0.4 is 10.6 Å². The second-order valence-electron chi connectivity index (χ2n) is 8.36. The molecule has 0 saturated heterocycles. The van der Waals surface area contributed by atoms with Gasteiger partial charge in [0, 0.05) is 50.5 Å². The van der Waals surface area contributed by atoms with Crippen LogP contribution in [0.3, 0.4) is 0 Å². The number of H-pyrrole nitrogens is 1. The standard InChI is InChI=1S/C27H32N6/c1-21(11-12-24-13-16-32-33-24)27-22(17-28-19-25-9-2-4-14-30-25)7-6-8-23(27)18-29-20-26-10-3-5-15-31-26/h2-10,13-16,21,28-29H,11-12,17-20H2,1H3,(H,32,33). The topological polar surface area (TPSA) is 78.5 Å². The third-order valence-corrected chi connectivity index (χ3v) is 5.88. The number of rotatable bonds is 12. The summed E-state index contributed by atoms with van der Waals surface area (Å²) in [5.41, 5.74) is 7.42. The lowest BCUT2D eigenvalue weighted by atomic mass is 9.87. The van der Waals surface area contributed by atoms with Crippen LogP contribution in [0.1, 0.15) is 53.0 Å². The smallest absolute Gasteiger partial charge is 0.0541 e. The first kappa shape index (κ1) is 22.8. The molecule has 170 valence electrons. The molecule has 0 aliphatic heterocycles. The van der Waals surface area contributed by atoms with E-state index in [4.69, 9.17) is 0 Å². The minimum absolute atomic E-state index is 0.424. The number of benzene rings is 1. The van der Waals surface area contributed by atoms with E-state index in [2.05, 4.69) is 74.1 Å². The van der Waals surface area contributed by atoms with Crippen molar-refractivity contribution in [3.05, 3.63) is 113 Å². The number of aryl methyl sites for hydroxylation is 1. The second-order valence-corrected chi connectivity index (χ2v) is 8.36. The van der Waals surface area contributed by atoms with Crippen LogP contribution in [0.25, 0.3) is 0 Å². The summed E-state index contributed by atoms with van der Waals surface area (Å²) in [4.78, 5) is 8.85. The Hall–Kier alpha value is -3.35. The molecule has 1 aromatic carbocycles. The van der Waals surface area contributed by atoms with Crippen LogP contribution >= 0.6 is 0 Å². The molecule has 1 atom stereocenters. The molecule has 6 heteroatoms. The molecule has 6 nitrogen and oxygen atoms in total. The van der Waals surface area contributed by atoms with Gasteiger partial charge in [-0.3, -0.25) is 15.1 Å². The van der Waals surface area contributed by atoms with E-state index < -0.39 is 0 Å². The number of aromatic nitrogens is 4. The van der Waals surface area contributed by atoms with Crippen molar-refractivity contribution in [3.63, 3.8) is 0 Å². The molecule has 0 saturated carbocycles. The SMILES string of the molecule is CC(CCc1ccn[nH]1)c1c(CNCc2ccccn2)cccc1CNCc1ccccn1. The zero-order chi connectivity index (χ0) is 22.7. The Morgan fingerprint density at radius 1 is 0.727 bits per heavy atom. The van der Waals surface area contributed by atoms with Gasteiger partial charge in [0.2, 0.25) is 0 Å². The Morgan fingerprint density at radius 2 is 1.36 bits per heavy atom. The number of pyridine rings is 2. The maximum absolute atomic E-state index is 4.42. The molecule has 3 aromatic heterocycles. The highest BCUT2D eigenvalue weighted by atomic mass is 15.1. The molecule has 3 heterocycles. The van der Waals surface area contributed by atoms with Gasteiger partial charge in [-0.2, -0.15) is 5.10 Å². The van der Waals surface area contributed by atoms with Crippen molar-refractivity contribution in [1.82, 2.24) is 30.8 Å². The molecule has 4 rings (SSSR count). The van der Waals surface area contributed by atoms with E-state index in [-0.39, 0.29) is 0 Å². The molecule has 0 spiro atoms. The largest absolute Gasteiger partial charge is 0.307 e. The van der Waals surface area contributed by atoms with Crippen LogP contribution in [0, 0.1) is 0 Å². The summed E-state index contributed by atoms with van der Waals surface area (Å²) in [6.07, 6.45) is 7.55. The van der Waals surface area contributed by atoms with E-state index in [1.807, 2.05) is 42.9 Å². The Morgan fingerprint density at radius 3 is 1.88 bits per heavy atom. The molecule has 33 heavy (non-hydrogen) atoms. The van der Waals surface area contributed by atoms with E-state index in [0.29, 0.717) is 5.92 Å². The van der Waals surface area contributed by atoms with Crippen molar-refractivity contribution in [2.75, 3.05) is 0 Å². The first-order valence-corrected chi connectivity index (χ1v) is 11.6. The van der Waals surface area contributed by atoms with Gasteiger partial charge >= 0.3 is 0 Å². The zero-order valence-electron chi connectivity index (χ0n) is 19.2. The van der Waals surface area contributed by atoms with Gasteiger partial charge in [-0.15, -0.1) is 0 Å². The number of nitrogens with zero attached hydrogens (tertiary/aromatic N) is 3. The summed E-state index contributed by atoms with van der Waals surface area (Å²) in [7, 11) is 0. The minimum atomic E-state index is 0.424. The predicted molar refractivity (Wildman–Crippen MR) is 131 cm³/mol. The summed E-state index contributed by atoms with van der Waals surface area (Å²) < 4.78 is 0. The average Bonchev–Trinajstić information content (AvgIpc) is 3.38. The lowest BCUT2D eigenvalue weighted by molar-refractivity contribution is 0.617. The normalized spacial score (nSPS) is 12.0. The van der Waals surface area contributed by atoms with Crippen molar-refractivity contribution >= 4 is 0 Å². The van der Waals surface area contributed by atoms with Crippen LogP contribution in [-0.4, -0.2) is 20.2 Å². The van der Waals surface area contributed by atoms with Crippen LogP contribution in [0.5, 0.6) is 0 Å². The molecule has 0 aliphatic carbocycles. The van der Waals surface area contributed by atoms with Crippen LogP contribution in [-0.2, 0) is 32.6 Å². The highest BCUT2D eigenvalue weighted by Crippen LogP contribution is 2.28. The second kappa shape index (κ2) is 12.0. The lowest BCUT2D eigenvalue weighted by Crippen LogP contribution is -2.19. The van der Waals surface area contributed by atoms with Crippen molar-refractivity contribution in [2.45, 2.75) is 51.9 Å². The highest BCUT2D eigenvalue weighted by molar-refractivity contribution is 5.38. The summed E-state index contributed by atoms with van der Waals surface area (Å²) in [5, 5.41) is 14.3. The monoisotopic (exact) mass is 440 g/mol. The fraction of sp³-hybridized carbons (Fsp3) is 0.296. The summed E-state index contributed by atoms with van der Waals surface area (Å²) in [5.74, 6) is 0.424. The van der Waals surface area contributed by atoms with Gasteiger partial charge in [0.15, 0.2) is 0 Å². The third-order valence-electron chi connectivity index (χ3n) is 5.88. The lowest BCUT2D eigenvalue weighted by Gasteiger charge is -2.21. The van der Waals surface area contributed by atoms with Gasteiger partial charge in [0.25, 0.3) is 0 Å². The highest BCUT2D eigenvalue weighted by Gasteiger charge is 2.16. The Labute approximate surface area is 195 Å².